The van der Waals surface area contributed by atoms with Crippen LogP contribution >= 0.6 is 23.1 Å². The third kappa shape index (κ3) is 2.24. The Labute approximate surface area is 113 Å². The van der Waals surface area contributed by atoms with Crippen molar-refractivity contribution in [2.24, 2.45) is 0 Å². The van der Waals surface area contributed by atoms with Gasteiger partial charge >= 0.3 is 0 Å². The van der Waals surface area contributed by atoms with E-state index < -0.39 is 0 Å². The van der Waals surface area contributed by atoms with Gasteiger partial charge in [0, 0.05) is 0 Å². The van der Waals surface area contributed by atoms with Gasteiger partial charge in [-0.2, -0.15) is 16.7 Å². The maximum atomic E-state index is 5.68. The molecule has 7 heteroatoms. The summed E-state index contributed by atoms with van der Waals surface area (Å²) in [5, 5.41) is 5.01. The molecule has 0 bridgehead atoms. The summed E-state index contributed by atoms with van der Waals surface area (Å²) < 4.78 is 5.34. The smallest absolute Gasteiger partial charge is 0.270 e. The first-order valence-electron chi connectivity index (χ1n) is 5.92. The first-order valence-corrected chi connectivity index (χ1v) is 7.79. The number of anilines is 1. The predicted octanol–water partition coefficient (Wildman–Crippen LogP) is 3.04. The third-order valence-corrected chi connectivity index (χ3v) is 5.26. The normalized spacial score (nSPS) is 20.2. The quantitative estimate of drug-likeness (QED) is 0.912. The molecule has 3 rings (SSSR count). The van der Waals surface area contributed by atoms with Crippen LogP contribution in [0.1, 0.15) is 36.0 Å². The first-order chi connectivity index (χ1) is 8.74. The van der Waals surface area contributed by atoms with Crippen molar-refractivity contribution in [3.63, 3.8) is 0 Å². The fourth-order valence-electron chi connectivity index (χ4n) is 2.02. The van der Waals surface area contributed by atoms with Crippen molar-refractivity contribution in [1.29, 1.82) is 0 Å². The molecule has 2 aromatic heterocycles. The number of aromatic nitrogens is 3. The van der Waals surface area contributed by atoms with Crippen LogP contribution in [0.3, 0.4) is 0 Å². The van der Waals surface area contributed by atoms with Crippen molar-refractivity contribution < 1.29 is 4.52 Å². The van der Waals surface area contributed by atoms with Crippen LogP contribution in [0.25, 0.3) is 10.8 Å². The van der Waals surface area contributed by atoms with Crippen LogP contribution in [0.4, 0.5) is 5.13 Å². The number of thioether (sulfide) groups is 1. The summed E-state index contributed by atoms with van der Waals surface area (Å²) in [5.41, 5.74) is 6.53. The van der Waals surface area contributed by atoms with E-state index in [9.17, 15) is 0 Å². The minimum absolute atomic E-state index is 0.377. The Balaban J connectivity index is 1.86. The Hall–Kier alpha value is -1.08. The molecular formula is C11H14N4OS2. The number of rotatable bonds is 2. The van der Waals surface area contributed by atoms with Gasteiger partial charge in [0.1, 0.15) is 4.88 Å². The Bertz CT molecular complexity index is 545. The van der Waals surface area contributed by atoms with E-state index in [4.69, 9.17) is 10.3 Å². The van der Waals surface area contributed by atoms with Gasteiger partial charge < -0.3 is 10.3 Å². The second-order valence-electron chi connectivity index (χ2n) is 4.28. The van der Waals surface area contributed by atoms with Crippen LogP contribution in [0.5, 0.6) is 0 Å². The molecule has 0 spiro atoms. The zero-order valence-electron chi connectivity index (χ0n) is 10.0. The molecule has 0 aliphatic carbocycles. The lowest BCUT2D eigenvalue weighted by atomic mass is 10.2. The molecule has 1 fully saturated rings. The van der Waals surface area contributed by atoms with Gasteiger partial charge in [-0.3, -0.25) is 0 Å². The van der Waals surface area contributed by atoms with Crippen molar-refractivity contribution >= 4 is 28.2 Å². The highest BCUT2D eigenvalue weighted by atomic mass is 32.2. The largest absolute Gasteiger partial charge is 0.375 e. The molecule has 3 heterocycles. The standard InChI is InChI=1S/C11H14N4OS2/c1-6-8(18-11(12)13-6)10-14-9(15-16-10)7-4-2-3-5-17-7/h7H,2-5H2,1H3,(H2,12,13). The van der Waals surface area contributed by atoms with Crippen molar-refractivity contribution in [2.45, 2.75) is 31.4 Å². The molecule has 96 valence electrons. The molecule has 1 saturated heterocycles. The molecule has 2 aromatic rings. The Morgan fingerprint density at radius 2 is 2.22 bits per heavy atom. The molecule has 0 aromatic carbocycles. The summed E-state index contributed by atoms with van der Waals surface area (Å²) in [7, 11) is 0. The van der Waals surface area contributed by atoms with Crippen LogP contribution in [0, 0.1) is 6.92 Å². The summed E-state index contributed by atoms with van der Waals surface area (Å²) in [6.07, 6.45) is 3.66. The highest BCUT2D eigenvalue weighted by Gasteiger charge is 2.23. The summed E-state index contributed by atoms with van der Waals surface area (Å²) in [6, 6.07) is 0. The monoisotopic (exact) mass is 282 g/mol. The van der Waals surface area contributed by atoms with Crippen molar-refractivity contribution in [1.82, 2.24) is 15.1 Å². The Kier molecular flexibility index (Phi) is 3.25. The molecule has 1 aliphatic heterocycles. The van der Waals surface area contributed by atoms with Crippen LogP contribution in [-0.4, -0.2) is 20.9 Å². The van der Waals surface area contributed by atoms with E-state index in [0.717, 1.165) is 22.8 Å². The van der Waals surface area contributed by atoms with Gasteiger partial charge in [-0.1, -0.05) is 22.9 Å². The molecule has 1 aliphatic rings. The van der Waals surface area contributed by atoms with E-state index in [1.54, 1.807) is 0 Å². The molecule has 0 radical (unpaired) electrons. The summed E-state index contributed by atoms with van der Waals surface area (Å²) in [5.74, 6) is 2.53. The summed E-state index contributed by atoms with van der Waals surface area (Å²) >= 11 is 3.30. The van der Waals surface area contributed by atoms with Gasteiger partial charge in [0.25, 0.3) is 5.89 Å². The number of nitrogens with zero attached hydrogens (tertiary/aromatic N) is 3. The molecule has 18 heavy (non-hydrogen) atoms. The molecular weight excluding hydrogens is 268 g/mol. The fraction of sp³-hybridized carbons (Fsp3) is 0.545. The van der Waals surface area contributed by atoms with Gasteiger partial charge in [0.05, 0.1) is 10.9 Å². The molecule has 0 saturated carbocycles. The number of nitrogen functional groups attached to an aromatic ring is 1. The minimum Gasteiger partial charge on any atom is -0.375 e. The lowest BCUT2D eigenvalue weighted by molar-refractivity contribution is 0.420. The topological polar surface area (TPSA) is 77.8 Å². The zero-order valence-corrected chi connectivity index (χ0v) is 11.7. The van der Waals surface area contributed by atoms with Crippen molar-refractivity contribution in [2.75, 3.05) is 11.5 Å². The van der Waals surface area contributed by atoms with E-state index >= 15 is 0 Å². The molecule has 5 nitrogen and oxygen atoms in total. The SMILES string of the molecule is Cc1nc(N)sc1-c1nc(C2CCCCS2)no1. The maximum Gasteiger partial charge on any atom is 0.270 e. The van der Waals surface area contributed by atoms with Gasteiger partial charge in [0.15, 0.2) is 11.0 Å². The van der Waals surface area contributed by atoms with Crippen LogP contribution < -0.4 is 5.73 Å². The summed E-state index contributed by atoms with van der Waals surface area (Å²) in [4.78, 5) is 9.55. The van der Waals surface area contributed by atoms with Crippen molar-refractivity contribution in [3.8, 4) is 10.8 Å². The van der Waals surface area contributed by atoms with E-state index in [1.807, 2.05) is 18.7 Å². The average Bonchev–Trinajstić information content (AvgIpc) is 2.97. The molecule has 0 amide bonds. The minimum atomic E-state index is 0.377. The average molecular weight is 282 g/mol. The Morgan fingerprint density at radius 3 is 2.89 bits per heavy atom. The van der Waals surface area contributed by atoms with Crippen molar-refractivity contribution in [3.05, 3.63) is 11.5 Å². The molecule has 1 unspecified atom stereocenters. The Morgan fingerprint density at radius 1 is 1.33 bits per heavy atom. The molecule has 2 N–H and O–H groups in total. The number of nitrogens with two attached hydrogens (primary N) is 1. The van der Waals surface area contributed by atoms with E-state index in [2.05, 4.69) is 15.1 Å². The highest BCUT2D eigenvalue weighted by Crippen LogP contribution is 2.38. The van der Waals surface area contributed by atoms with E-state index in [1.165, 1.54) is 29.9 Å². The lowest BCUT2D eigenvalue weighted by Crippen LogP contribution is -2.03. The lowest BCUT2D eigenvalue weighted by Gasteiger charge is -2.17. The second kappa shape index (κ2) is 4.89. The van der Waals surface area contributed by atoms with Crippen LogP contribution in [-0.2, 0) is 0 Å². The third-order valence-electron chi connectivity index (χ3n) is 2.92. The van der Waals surface area contributed by atoms with Gasteiger partial charge in [0.2, 0.25) is 0 Å². The van der Waals surface area contributed by atoms with Gasteiger partial charge in [-0.15, -0.1) is 0 Å². The van der Waals surface area contributed by atoms with E-state index in [0.29, 0.717) is 16.3 Å². The maximum absolute atomic E-state index is 5.68. The second-order valence-corrected chi connectivity index (χ2v) is 6.62. The van der Waals surface area contributed by atoms with Crippen LogP contribution in [0.2, 0.25) is 0 Å². The van der Waals surface area contributed by atoms with Gasteiger partial charge in [-0.05, 0) is 25.5 Å². The first kappa shape index (κ1) is 12.0. The van der Waals surface area contributed by atoms with Gasteiger partial charge in [-0.25, -0.2) is 4.98 Å². The molecule has 1 atom stereocenters. The number of hydrogen-bond donors (Lipinski definition) is 1. The number of hydrogen-bond acceptors (Lipinski definition) is 7. The predicted molar refractivity (Wildman–Crippen MR) is 73.6 cm³/mol. The fourth-order valence-corrected chi connectivity index (χ4v) is 4.01. The number of thiazole rings is 1. The number of aryl methyl sites for hydroxylation is 1. The van der Waals surface area contributed by atoms with E-state index in [-0.39, 0.29) is 0 Å². The summed E-state index contributed by atoms with van der Waals surface area (Å²) in [6.45, 7) is 1.90. The zero-order chi connectivity index (χ0) is 12.5. The van der Waals surface area contributed by atoms with Crippen LogP contribution in [0.15, 0.2) is 4.52 Å². The highest BCUT2D eigenvalue weighted by molar-refractivity contribution is 7.99.